The summed E-state index contributed by atoms with van der Waals surface area (Å²) in [7, 11) is 0. The minimum atomic E-state index is 0.464. The third-order valence-corrected chi connectivity index (χ3v) is 4.53. The maximum Gasteiger partial charge on any atom is 0.168 e. The summed E-state index contributed by atoms with van der Waals surface area (Å²) in [6.45, 7) is 2.65. The molecule has 118 valence electrons. The van der Waals surface area contributed by atoms with Gasteiger partial charge in [0, 0.05) is 27.9 Å². The highest BCUT2D eigenvalue weighted by atomic mass is 35.5. The molecule has 4 heteroatoms. The molecular formula is C20H15ClN2O. The molecule has 0 amide bonds. The molecule has 0 aliphatic rings. The molecule has 0 saturated carbocycles. The van der Waals surface area contributed by atoms with Gasteiger partial charge in [0.1, 0.15) is 5.69 Å². The smallest absolute Gasteiger partial charge is 0.168 e. The summed E-state index contributed by atoms with van der Waals surface area (Å²) < 4.78 is 2.24. The molecule has 0 saturated heterocycles. The molecule has 0 bridgehead atoms. The molecular weight excluding hydrogens is 320 g/mol. The van der Waals surface area contributed by atoms with Gasteiger partial charge in [-0.1, -0.05) is 41.9 Å². The van der Waals surface area contributed by atoms with Crippen molar-refractivity contribution in [1.29, 1.82) is 0 Å². The summed E-state index contributed by atoms with van der Waals surface area (Å²) in [5.74, 6) is 0. The van der Waals surface area contributed by atoms with Gasteiger partial charge in [0.15, 0.2) is 6.29 Å². The van der Waals surface area contributed by atoms with Gasteiger partial charge in [0.05, 0.1) is 11.2 Å². The molecule has 0 unspecified atom stereocenters. The fraction of sp³-hybridized carbons (Fsp3) is 0.100. The zero-order chi connectivity index (χ0) is 16.7. The van der Waals surface area contributed by atoms with Crippen molar-refractivity contribution >= 4 is 39.7 Å². The summed E-state index contributed by atoms with van der Waals surface area (Å²) in [5, 5.41) is 2.91. The predicted molar refractivity (Wildman–Crippen MR) is 97.9 cm³/mol. The number of pyridine rings is 1. The van der Waals surface area contributed by atoms with Crippen molar-refractivity contribution in [2.75, 3.05) is 0 Å². The monoisotopic (exact) mass is 334 g/mol. The molecule has 0 N–H and O–H groups in total. The number of para-hydroxylation sites is 1. The molecule has 0 spiro atoms. The van der Waals surface area contributed by atoms with Crippen molar-refractivity contribution in [3.8, 4) is 0 Å². The average Bonchev–Trinajstić information content (AvgIpc) is 2.90. The largest absolute Gasteiger partial charge is 0.334 e. The number of hydrogen-bond acceptors (Lipinski definition) is 2. The minimum Gasteiger partial charge on any atom is -0.334 e. The SMILES string of the molecule is Cc1nc(C=O)cc2c3ccccc3n(Cc3cccc(Cl)c3)c12. The maximum absolute atomic E-state index is 11.2. The standard InChI is InChI=1S/C20H15ClN2O/c1-13-20-18(10-16(12-24)22-13)17-7-2-3-8-19(17)23(20)11-14-5-4-6-15(21)9-14/h2-10,12H,11H2,1H3. The van der Waals surface area contributed by atoms with Gasteiger partial charge in [-0.3, -0.25) is 4.79 Å². The summed E-state index contributed by atoms with van der Waals surface area (Å²) in [5.41, 5.74) is 4.63. The number of aromatic nitrogens is 2. The van der Waals surface area contributed by atoms with E-state index in [1.807, 2.05) is 43.3 Å². The highest BCUT2D eigenvalue weighted by Gasteiger charge is 2.14. The zero-order valence-corrected chi connectivity index (χ0v) is 13.9. The lowest BCUT2D eigenvalue weighted by Gasteiger charge is -2.09. The van der Waals surface area contributed by atoms with Gasteiger partial charge >= 0.3 is 0 Å². The quantitative estimate of drug-likeness (QED) is 0.493. The van der Waals surface area contributed by atoms with E-state index < -0.39 is 0 Å². The molecule has 0 aliphatic carbocycles. The Balaban J connectivity index is 2.03. The molecule has 2 aromatic carbocycles. The average molecular weight is 335 g/mol. The number of carbonyl (C=O) groups excluding carboxylic acids is 1. The second-order valence-electron chi connectivity index (χ2n) is 5.88. The lowest BCUT2D eigenvalue weighted by atomic mass is 10.1. The van der Waals surface area contributed by atoms with Crippen LogP contribution in [0.4, 0.5) is 0 Å². The van der Waals surface area contributed by atoms with Crippen LogP contribution in [0.5, 0.6) is 0 Å². The van der Waals surface area contributed by atoms with Crippen molar-refractivity contribution in [3.63, 3.8) is 0 Å². The minimum absolute atomic E-state index is 0.464. The van der Waals surface area contributed by atoms with Crippen molar-refractivity contribution in [3.05, 3.63) is 76.6 Å². The number of benzene rings is 2. The van der Waals surface area contributed by atoms with Crippen molar-refractivity contribution in [1.82, 2.24) is 9.55 Å². The van der Waals surface area contributed by atoms with E-state index in [9.17, 15) is 4.79 Å². The molecule has 0 aliphatic heterocycles. The molecule has 4 rings (SSSR count). The normalized spacial score (nSPS) is 11.2. The summed E-state index contributed by atoms with van der Waals surface area (Å²) >= 11 is 6.13. The topological polar surface area (TPSA) is 34.9 Å². The van der Waals surface area contributed by atoms with Crippen LogP contribution in [0.1, 0.15) is 21.7 Å². The van der Waals surface area contributed by atoms with Gasteiger partial charge in [-0.15, -0.1) is 0 Å². The van der Waals surface area contributed by atoms with Crippen LogP contribution < -0.4 is 0 Å². The second-order valence-corrected chi connectivity index (χ2v) is 6.32. The Kier molecular flexibility index (Phi) is 3.58. The van der Waals surface area contributed by atoms with Gasteiger partial charge < -0.3 is 4.57 Å². The number of aldehydes is 1. The first-order valence-electron chi connectivity index (χ1n) is 7.75. The first-order chi connectivity index (χ1) is 11.7. The fourth-order valence-electron chi connectivity index (χ4n) is 3.34. The number of rotatable bonds is 3. The second kappa shape index (κ2) is 5.77. The van der Waals surface area contributed by atoms with E-state index in [1.54, 1.807) is 0 Å². The Labute approximate surface area is 144 Å². The van der Waals surface area contributed by atoms with Crippen LogP contribution >= 0.6 is 11.6 Å². The van der Waals surface area contributed by atoms with Crippen LogP contribution in [0.2, 0.25) is 5.02 Å². The van der Waals surface area contributed by atoms with Crippen LogP contribution in [0.25, 0.3) is 21.8 Å². The number of hydrogen-bond donors (Lipinski definition) is 0. The van der Waals surface area contributed by atoms with Gasteiger partial charge in [-0.2, -0.15) is 0 Å². The molecule has 0 fully saturated rings. The van der Waals surface area contributed by atoms with E-state index in [-0.39, 0.29) is 0 Å². The van der Waals surface area contributed by atoms with E-state index in [1.165, 1.54) is 0 Å². The molecule has 2 aromatic heterocycles. The van der Waals surface area contributed by atoms with Crippen LogP contribution in [0.3, 0.4) is 0 Å². The Bertz CT molecular complexity index is 1080. The molecule has 2 heterocycles. The van der Waals surface area contributed by atoms with E-state index >= 15 is 0 Å². The molecule has 0 radical (unpaired) electrons. The molecule has 24 heavy (non-hydrogen) atoms. The first kappa shape index (κ1) is 14.9. The Hall–Kier alpha value is -2.65. The van der Waals surface area contributed by atoms with Crippen LogP contribution in [-0.4, -0.2) is 15.8 Å². The number of halogens is 1. The van der Waals surface area contributed by atoms with Crippen molar-refractivity contribution in [2.45, 2.75) is 13.5 Å². The summed E-state index contributed by atoms with van der Waals surface area (Å²) in [4.78, 5) is 15.6. The van der Waals surface area contributed by atoms with E-state index in [0.29, 0.717) is 12.2 Å². The Morgan fingerprint density at radius 3 is 2.71 bits per heavy atom. The summed E-state index contributed by atoms with van der Waals surface area (Å²) in [6, 6.07) is 18.0. The Morgan fingerprint density at radius 1 is 1.08 bits per heavy atom. The summed E-state index contributed by atoms with van der Waals surface area (Å²) in [6.07, 6.45) is 0.801. The van der Waals surface area contributed by atoms with Gasteiger partial charge in [0.2, 0.25) is 0 Å². The Morgan fingerprint density at radius 2 is 1.92 bits per heavy atom. The van der Waals surface area contributed by atoms with E-state index in [4.69, 9.17) is 11.6 Å². The highest BCUT2D eigenvalue weighted by Crippen LogP contribution is 2.31. The molecule has 3 nitrogen and oxygen atoms in total. The van der Waals surface area contributed by atoms with Gasteiger partial charge in [-0.05, 0) is 36.8 Å². The van der Waals surface area contributed by atoms with Gasteiger partial charge in [0.25, 0.3) is 0 Å². The first-order valence-corrected chi connectivity index (χ1v) is 8.13. The number of nitrogens with zero attached hydrogens (tertiary/aromatic N) is 2. The predicted octanol–water partition coefficient (Wildman–Crippen LogP) is 5.01. The highest BCUT2D eigenvalue weighted by molar-refractivity contribution is 6.30. The third kappa shape index (κ3) is 2.38. The molecule has 0 atom stereocenters. The van der Waals surface area contributed by atoms with Crippen molar-refractivity contribution in [2.24, 2.45) is 0 Å². The maximum atomic E-state index is 11.2. The lowest BCUT2D eigenvalue weighted by molar-refractivity contribution is 0.111. The van der Waals surface area contributed by atoms with Crippen LogP contribution in [0, 0.1) is 6.92 Å². The number of fused-ring (bicyclic) bond motifs is 3. The number of aryl methyl sites for hydroxylation is 1. The lowest BCUT2D eigenvalue weighted by Crippen LogP contribution is -2.02. The van der Waals surface area contributed by atoms with E-state index in [2.05, 4.69) is 27.8 Å². The zero-order valence-electron chi connectivity index (χ0n) is 13.2. The molecule has 4 aromatic rings. The fourth-order valence-corrected chi connectivity index (χ4v) is 3.55. The number of carbonyl (C=O) groups is 1. The van der Waals surface area contributed by atoms with Gasteiger partial charge in [-0.25, -0.2) is 4.98 Å². The third-order valence-electron chi connectivity index (χ3n) is 4.29. The van der Waals surface area contributed by atoms with Crippen molar-refractivity contribution < 1.29 is 4.79 Å². The van der Waals surface area contributed by atoms with Crippen LogP contribution in [0.15, 0.2) is 54.6 Å². The van der Waals surface area contributed by atoms with E-state index in [0.717, 1.165) is 44.4 Å². The van der Waals surface area contributed by atoms with Crippen LogP contribution in [-0.2, 0) is 6.54 Å².